The molecule has 100 valence electrons. The molecule has 1 aromatic carbocycles. The molecule has 1 aliphatic heterocycles. The fraction of sp³-hybridized carbons (Fsp3) is 0.571. The zero-order valence-electron chi connectivity index (χ0n) is 10.7. The minimum atomic E-state index is -0.165. The van der Waals surface area contributed by atoms with Gasteiger partial charge in [0.15, 0.2) is 0 Å². The molecule has 1 aromatic rings. The van der Waals surface area contributed by atoms with Crippen molar-refractivity contribution in [3.05, 3.63) is 30.1 Å². The minimum Gasteiger partial charge on any atom is -0.381 e. The molecular formula is C14H20FNOS. The lowest BCUT2D eigenvalue weighted by Gasteiger charge is -2.39. The van der Waals surface area contributed by atoms with Crippen LogP contribution in [0.2, 0.25) is 0 Å². The van der Waals surface area contributed by atoms with Crippen LogP contribution in [0.25, 0.3) is 0 Å². The quantitative estimate of drug-likeness (QED) is 0.844. The van der Waals surface area contributed by atoms with Gasteiger partial charge in [0.05, 0.1) is 5.69 Å². The number of nitrogens with zero attached hydrogens (tertiary/aromatic N) is 1. The molecule has 1 heterocycles. The molecule has 4 heteroatoms. The number of para-hydroxylation sites is 1. The molecule has 0 unspecified atom stereocenters. The van der Waals surface area contributed by atoms with Crippen molar-refractivity contribution in [2.75, 3.05) is 37.5 Å². The summed E-state index contributed by atoms with van der Waals surface area (Å²) in [6, 6.07) is 6.91. The SMILES string of the molecule is CN(CC1(CS)CCOCC1)c1ccccc1F. The third-order valence-electron chi connectivity index (χ3n) is 3.73. The molecule has 1 fully saturated rings. The van der Waals surface area contributed by atoms with Crippen molar-refractivity contribution in [2.45, 2.75) is 12.8 Å². The predicted molar refractivity (Wildman–Crippen MR) is 76.0 cm³/mol. The molecule has 0 aliphatic carbocycles. The monoisotopic (exact) mass is 269 g/mol. The van der Waals surface area contributed by atoms with Gasteiger partial charge in [0.25, 0.3) is 0 Å². The van der Waals surface area contributed by atoms with Crippen molar-refractivity contribution in [2.24, 2.45) is 5.41 Å². The molecule has 0 radical (unpaired) electrons. The van der Waals surface area contributed by atoms with Gasteiger partial charge in [-0.15, -0.1) is 0 Å². The maximum atomic E-state index is 13.7. The average Bonchev–Trinajstić information content (AvgIpc) is 2.40. The Labute approximate surface area is 114 Å². The van der Waals surface area contributed by atoms with Crippen molar-refractivity contribution in [1.82, 2.24) is 0 Å². The molecule has 0 aromatic heterocycles. The van der Waals surface area contributed by atoms with E-state index in [1.807, 2.05) is 24.1 Å². The van der Waals surface area contributed by atoms with Crippen LogP contribution in [0, 0.1) is 11.2 Å². The zero-order chi connectivity index (χ0) is 13.0. The first-order valence-corrected chi connectivity index (χ1v) is 6.94. The Balaban J connectivity index is 2.10. The summed E-state index contributed by atoms with van der Waals surface area (Å²) in [6.45, 7) is 2.39. The highest BCUT2D eigenvalue weighted by Gasteiger charge is 2.32. The third-order valence-corrected chi connectivity index (χ3v) is 4.40. The van der Waals surface area contributed by atoms with Gasteiger partial charge in [-0.25, -0.2) is 4.39 Å². The molecule has 0 amide bonds. The summed E-state index contributed by atoms with van der Waals surface area (Å²) in [5.74, 6) is 0.649. The molecule has 0 N–H and O–H groups in total. The number of rotatable bonds is 4. The Morgan fingerprint density at radius 2 is 2.00 bits per heavy atom. The van der Waals surface area contributed by atoms with Crippen LogP contribution in [0.4, 0.5) is 10.1 Å². The van der Waals surface area contributed by atoms with Gasteiger partial charge in [-0.05, 0) is 30.7 Å². The van der Waals surface area contributed by atoms with E-state index in [1.54, 1.807) is 6.07 Å². The predicted octanol–water partition coefficient (Wildman–Crippen LogP) is 2.99. The largest absolute Gasteiger partial charge is 0.381 e. The van der Waals surface area contributed by atoms with Crippen LogP contribution in [0.3, 0.4) is 0 Å². The van der Waals surface area contributed by atoms with Gasteiger partial charge in [-0.3, -0.25) is 0 Å². The summed E-state index contributed by atoms with van der Waals surface area (Å²) in [4.78, 5) is 2.00. The second-order valence-corrected chi connectivity index (χ2v) is 5.39. The number of benzene rings is 1. The first-order chi connectivity index (χ1) is 8.67. The van der Waals surface area contributed by atoms with Gasteiger partial charge in [0.2, 0.25) is 0 Å². The van der Waals surface area contributed by atoms with Gasteiger partial charge in [-0.1, -0.05) is 12.1 Å². The van der Waals surface area contributed by atoms with E-state index in [0.29, 0.717) is 5.69 Å². The number of hydrogen-bond acceptors (Lipinski definition) is 3. The van der Waals surface area contributed by atoms with E-state index in [1.165, 1.54) is 6.07 Å². The lowest BCUT2D eigenvalue weighted by molar-refractivity contribution is 0.0300. The molecular weight excluding hydrogens is 249 g/mol. The number of ether oxygens (including phenoxy) is 1. The molecule has 2 rings (SSSR count). The van der Waals surface area contributed by atoms with Crippen LogP contribution in [-0.2, 0) is 4.74 Å². The van der Waals surface area contributed by atoms with Gasteiger partial charge >= 0.3 is 0 Å². The Morgan fingerprint density at radius 1 is 1.33 bits per heavy atom. The fourth-order valence-corrected chi connectivity index (χ4v) is 2.94. The molecule has 0 spiro atoms. The standard InChI is InChI=1S/C14H20FNOS/c1-16(13-5-3-2-4-12(13)15)10-14(11-18)6-8-17-9-7-14/h2-5,18H,6-11H2,1H3. The second-order valence-electron chi connectivity index (χ2n) is 5.08. The van der Waals surface area contributed by atoms with Crippen molar-refractivity contribution in [1.29, 1.82) is 0 Å². The van der Waals surface area contributed by atoms with E-state index < -0.39 is 0 Å². The van der Waals surface area contributed by atoms with E-state index in [0.717, 1.165) is 38.4 Å². The fourth-order valence-electron chi connectivity index (χ4n) is 2.52. The van der Waals surface area contributed by atoms with Gasteiger partial charge in [0, 0.05) is 32.2 Å². The summed E-state index contributed by atoms with van der Waals surface area (Å²) in [7, 11) is 1.94. The van der Waals surface area contributed by atoms with E-state index in [9.17, 15) is 4.39 Å². The Kier molecular flexibility index (Phi) is 4.51. The van der Waals surface area contributed by atoms with Crippen molar-refractivity contribution >= 4 is 18.3 Å². The molecule has 2 nitrogen and oxygen atoms in total. The van der Waals surface area contributed by atoms with E-state index >= 15 is 0 Å². The highest BCUT2D eigenvalue weighted by atomic mass is 32.1. The summed E-state index contributed by atoms with van der Waals surface area (Å²) >= 11 is 4.49. The molecule has 0 bridgehead atoms. The van der Waals surface area contributed by atoms with E-state index in [4.69, 9.17) is 4.74 Å². The van der Waals surface area contributed by atoms with E-state index in [2.05, 4.69) is 12.6 Å². The lowest BCUT2D eigenvalue weighted by Crippen LogP contribution is -2.41. The van der Waals surface area contributed by atoms with Crippen LogP contribution in [-0.4, -0.2) is 32.6 Å². The summed E-state index contributed by atoms with van der Waals surface area (Å²) < 4.78 is 19.1. The van der Waals surface area contributed by atoms with Crippen LogP contribution >= 0.6 is 12.6 Å². The van der Waals surface area contributed by atoms with Gasteiger partial charge in [-0.2, -0.15) is 12.6 Å². The third kappa shape index (κ3) is 2.98. The van der Waals surface area contributed by atoms with Crippen LogP contribution in [0.1, 0.15) is 12.8 Å². The first kappa shape index (κ1) is 13.7. The van der Waals surface area contributed by atoms with Crippen molar-refractivity contribution in [3.63, 3.8) is 0 Å². The van der Waals surface area contributed by atoms with Gasteiger partial charge < -0.3 is 9.64 Å². The van der Waals surface area contributed by atoms with Crippen LogP contribution in [0.15, 0.2) is 24.3 Å². The van der Waals surface area contributed by atoms with E-state index in [-0.39, 0.29) is 11.2 Å². The Hall–Kier alpha value is -0.740. The zero-order valence-corrected chi connectivity index (χ0v) is 11.6. The average molecular weight is 269 g/mol. The van der Waals surface area contributed by atoms with Crippen LogP contribution in [0.5, 0.6) is 0 Å². The second kappa shape index (κ2) is 5.93. The number of thiol groups is 1. The highest BCUT2D eigenvalue weighted by molar-refractivity contribution is 7.80. The van der Waals surface area contributed by atoms with Crippen molar-refractivity contribution < 1.29 is 9.13 Å². The van der Waals surface area contributed by atoms with Crippen LogP contribution < -0.4 is 4.90 Å². The molecule has 0 saturated carbocycles. The van der Waals surface area contributed by atoms with Crippen molar-refractivity contribution in [3.8, 4) is 0 Å². The van der Waals surface area contributed by atoms with Gasteiger partial charge in [0.1, 0.15) is 5.82 Å². The maximum absolute atomic E-state index is 13.7. The Morgan fingerprint density at radius 3 is 2.61 bits per heavy atom. The smallest absolute Gasteiger partial charge is 0.146 e. The molecule has 1 saturated heterocycles. The summed E-state index contributed by atoms with van der Waals surface area (Å²) in [5.41, 5.74) is 0.795. The normalized spacial score (nSPS) is 18.6. The number of hydrogen-bond donors (Lipinski definition) is 1. The molecule has 18 heavy (non-hydrogen) atoms. The summed E-state index contributed by atoms with van der Waals surface area (Å²) in [6.07, 6.45) is 1.99. The molecule has 0 atom stereocenters. The maximum Gasteiger partial charge on any atom is 0.146 e. The minimum absolute atomic E-state index is 0.137. The lowest BCUT2D eigenvalue weighted by atomic mass is 9.81. The highest BCUT2D eigenvalue weighted by Crippen LogP contribution is 2.34. The summed E-state index contributed by atoms with van der Waals surface area (Å²) in [5, 5.41) is 0. The molecule has 1 aliphatic rings. The Bertz CT molecular complexity index is 393. The first-order valence-electron chi connectivity index (χ1n) is 6.31. The number of halogens is 1. The topological polar surface area (TPSA) is 12.5 Å². The number of anilines is 1.